The van der Waals surface area contributed by atoms with Crippen molar-refractivity contribution >= 4 is 39.8 Å². The van der Waals surface area contributed by atoms with E-state index in [1.54, 1.807) is 18.4 Å². The SMILES string of the molecule is C=Nc1sc2c(c1/C(Cl)=N\C)CCN(Cc1ncon1)C2. The highest BCUT2D eigenvalue weighted by molar-refractivity contribution is 7.16. The Hall–Kier alpha value is -1.57. The second-order valence-electron chi connectivity index (χ2n) is 4.66. The van der Waals surface area contributed by atoms with E-state index in [9.17, 15) is 0 Å². The third kappa shape index (κ3) is 2.76. The van der Waals surface area contributed by atoms with Crippen LogP contribution in [-0.4, -0.2) is 40.5 Å². The molecule has 0 saturated heterocycles. The van der Waals surface area contributed by atoms with Crippen LogP contribution in [0.2, 0.25) is 0 Å². The van der Waals surface area contributed by atoms with E-state index in [0.29, 0.717) is 17.5 Å². The zero-order valence-electron chi connectivity index (χ0n) is 11.5. The Labute approximate surface area is 131 Å². The highest BCUT2D eigenvalue weighted by atomic mass is 35.5. The Balaban J connectivity index is 1.87. The second-order valence-corrected chi connectivity index (χ2v) is 6.11. The van der Waals surface area contributed by atoms with Gasteiger partial charge in [0.1, 0.15) is 10.2 Å². The number of hydrogen-bond donors (Lipinski definition) is 0. The predicted octanol–water partition coefficient (Wildman–Crippen LogP) is 2.64. The van der Waals surface area contributed by atoms with Crippen molar-refractivity contribution in [1.29, 1.82) is 0 Å². The van der Waals surface area contributed by atoms with Crippen LogP contribution in [0.5, 0.6) is 0 Å². The third-order valence-electron chi connectivity index (χ3n) is 3.44. The molecular formula is C13H14ClN5OS. The number of thiophene rings is 1. The lowest BCUT2D eigenvalue weighted by atomic mass is 10.0. The molecule has 110 valence electrons. The van der Waals surface area contributed by atoms with E-state index in [-0.39, 0.29) is 0 Å². The van der Waals surface area contributed by atoms with Crippen LogP contribution in [-0.2, 0) is 19.5 Å². The summed E-state index contributed by atoms with van der Waals surface area (Å²) in [6.45, 7) is 6.05. The Morgan fingerprint density at radius 3 is 3.14 bits per heavy atom. The van der Waals surface area contributed by atoms with Crippen LogP contribution in [0, 0.1) is 0 Å². The molecule has 0 unspecified atom stereocenters. The maximum absolute atomic E-state index is 6.23. The molecule has 0 atom stereocenters. The normalized spacial score (nSPS) is 16.0. The fraction of sp³-hybridized carbons (Fsp3) is 0.385. The lowest BCUT2D eigenvalue weighted by Crippen LogP contribution is -2.30. The Kier molecular flexibility index (Phi) is 4.14. The summed E-state index contributed by atoms with van der Waals surface area (Å²) in [6.07, 6.45) is 2.26. The minimum Gasteiger partial charge on any atom is -0.343 e. The van der Waals surface area contributed by atoms with Gasteiger partial charge in [-0.2, -0.15) is 4.98 Å². The Morgan fingerprint density at radius 2 is 2.48 bits per heavy atom. The summed E-state index contributed by atoms with van der Waals surface area (Å²) < 4.78 is 4.77. The molecule has 0 bridgehead atoms. The first-order chi connectivity index (χ1) is 10.2. The minimum atomic E-state index is 0.501. The van der Waals surface area contributed by atoms with E-state index in [2.05, 4.69) is 31.7 Å². The summed E-state index contributed by atoms with van der Waals surface area (Å²) in [5, 5.41) is 5.20. The summed E-state index contributed by atoms with van der Waals surface area (Å²) >= 11 is 7.85. The largest absolute Gasteiger partial charge is 0.343 e. The molecule has 3 heterocycles. The molecule has 3 rings (SSSR count). The standard InChI is InChI=1S/C13H14ClN5OS/c1-15-12(14)11-8-3-4-19(6-10-17-7-20-18-10)5-9(8)21-13(11)16-2/h7H,2-6H2,1H3/b15-12+. The smallest absolute Gasteiger partial charge is 0.213 e. The summed E-state index contributed by atoms with van der Waals surface area (Å²) in [7, 11) is 1.69. The van der Waals surface area contributed by atoms with Crippen molar-refractivity contribution < 1.29 is 4.52 Å². The number of halogens is 1. The lowest BCUT2D eigenvalue weighted by Gasteiger charge is -2.25. The highest BCUT2D eigenvalue weighted by Crippen LogP contribution is 2.39. The maximum Gasteiger partial charge on any atom is 0.213 e. The quantitative estimate of drug-likeness (QED) is 0.811. The molecule has 0 amide bonds. The van der Waals surface area contributed by atoms with Gasteiger partial charge in [-0.1, -0.05) is 16.8 Å². The summed E-state index contributed by atoms with van der Waals surface area (Å²) in [5.74, 6) is 0.699. The fourth-order valence-corrected chi connectivity index (χ4v) is 3.93. The van der Waals surface area contributed by atoms with Gasteiger partial charge in [0.25, 0.3) is 0 Å². The topological polar surface area (TPSA) is 66.9 Å². The maximum atomic E-state index is 6.23. The molecule has 0 radical (unpaired) electrons. The molecule has 1 aliphatic heterocycles. The first-order valence-corrected chi connectivity index (χ1v) is 7.64. The van der Waals surface area contributed by atoms with E-state index >= 15 is 0 Å². The fourth-order valence-electron chi connectivity index (χ4n) is 2.47. The van der Waals surface area contributed by atoms with E-state index < -0.39 is 0 Å². The molecule has 1 aliphatic rings. The highest BCUT2D eigenvalue weighted by Gasteiger charge is 2.26. The van der Waals surface area contributed by atoms with Gasteiger partial charge in [0.2, 0.25) is 6.39 Å². The van der Waals surface area contributed by atoms with Gasteiger partial charge in [-0.3, -0.25) is 14.9 Å². The van der Waals surface area contributed by atoms with Gasteiger partial charge in [-0.15, -0.1) is 11.3 Å². The zero-order chi connectivity index (χ0) is 14.8. The summed E-state index contributed by atoms with van der Waals surface area (Å²) in [4.78, 5) is 15.8. The number of aromatic nitrogens is 2. The summed E-state index contributed by atoms with van der Waals surface area (Å²) in [6, 6.07) is 0. The molecule has 0 spiro atoms. The molecule has 2 aromatic heterocycles. The minimum absolute atomic E-state index is 0.501. The van der Waals surface area contributed by atoms with Crippen LogP contribution in [0.15, 0.2) is 20.9 Å². The molecule has 0 fully saturated rings. The third-order valence-corrected chi connectivity index (χ3v) is 4.94. The van der Waals surface area contributed by atoms with Gasteiger partial charge in [0.15, 0.2) is 5.82 Å². The van der Waals surface area contributed by atoms with Gasteiger partial charge in [0, 0.05) is 25.0 Å². The number of rotatable bonds is 4. The van der Waals surface area contributed by atoms with Crippen molar-refractivity contribution in [3.05, 3.63) is 28.2 Å². The molecule has 0 aliphatic carbocycles. The Morgan fingerprint density at radius 1 is 1.62 bits per heavy atom. The first-order valence-electron chi connectivity index (χ1n) is 6.44. The van der Waals surface area contributed by atoms with Crippen LogP contribution in [0.25, 0.3) is 0 Å². The molecule has 21 heavy (non-hydrogen) atoms. The predicted molar refractivity (Wildman–Crippen MR) is 84.0 cm³/mol. The number of hydrogen-bond acceptors (Lipinski definition) is 7. The second kappa shape index (κ2) is 6.05. The van der Waals surface area contributed by atoms with Crippen LogP contribution < -0.4 is 0 Å². The van der Waals surface area contributed by atoms with E-state index in [4.69, 9.17) is 16.1 Å². The van der Waals surface area contributed by atoms with E-state index in [1.165, 1.54) is 16.8 Å². The molecule has 0 aromatic carbocycles. The van der Waals surface area contributed by atoms with Gasteiger partial charge in [0.05, 0.1) is 12.1 Å². The van der Waals surface area contributed by atoms with Crippen molar-refractivity contribution in [2.75, 3.05) is 13.6 Å². The van der Waals surface area contributed by atoms with E-state index in [0.717, 1.165) is 30.1 Å². The monoisotopic (exact) mass is 323 g/mol. The average molecular weight is 324 g/mol. The lowest BCUT2D eigenvalue weighted by molar-refractivity contribution is 0.238. The molecule has 8 heteroatoms. The van der Waals surface area contributed by atoms with Crippen LogP contribution >= 0.6 is 22.9 Å². The van der Waals surface area contributed by atoms with Crippen molar-refractivity contribution in [3.8, 4) is 0 Å². The van der Waals surface area contributed by atoms with Crippen molar-refractivity contribution in [2.45, 2.75) is 19.5 Å². The summed E-state index contributed by atoms with van der Waals surface area (Å²) in [5.41, 5.74) is 2.18. The first kappa shape index (κ1) is 14.4. The number of aliphatic imine (C=N–C) groups is 2. The average Bonchev–Trinajstić information content (AvgIpc) is 3.12. The molecule has 0 saturated carbocycles. The Bertz CT molecular complexity index is 679. The van der Waals surface area contributed by atoms with Crippen molar-refractivity contribution in [1.82, 2.24) is 15.0 Å². The molecule has 2 aromatic rings. The molecular weight excluding hydrogens is 310 g/mol. The molecule has 6 nitrogen and oxygen atoms in total. The van der Waals surface area contributed by atoms with Gasteiger partial charge < -0.3 is 4.52 Å². The number of nitrogens with zero attached hydrogens (tertiary/aromatic N) is 5. The van der Waals surface area contributed by atoms with Crippen molar-refractivity contribution in [3.63, 3.8) is 0 Å². The van der Waals surface area contributed by atoms with Gasteiger partial charge >= 0.3 is 0 Å². The van der Waals surface area contributed by atoms with Crippen LogP contribution in [0.1, 0.15) is 21.8 Å². The van der Waals surface area contributed by atoms with Gasteiger partial charge in [-0.25, -0.2) is 0 Å². The van der Waals surface area contributed by atoms with Crippen LogP contribution in [0.4, 0.5) is 5.00 Å². The number of fused-ring (bicyclic) bond motifs is 1. The van der Waals surface area contributed by atoms with Crippen molar-refractivity contribution in [2.24, 2.45) is 9.98 Å². The molecule has 0 N–H and O–H groups in total. The van der Waals surface area contributed by atoms with Crippen LogP contribution in [0.3, 0.4) is 0 Å². The van der Waals surface area contributed by atoms with Gasteiger partial charge in [-0.05, 0) is 18.7 Å². The zero-order valence-corrected chi connectivity index (χ0v) is 13.1. The van der Waals surface area contributed by atoms with E-state index in [1.807, 2.05) is 0 Å².